The number of aryl methyl sites for hydroxylation is 1. The molecule has 0 unspecified atom stereocenters. The van der Waals surface area contributed by atoms with E-state index in [0.29, 0.717) is 18.0 Å². The Hall–Kier alpha value is -0.930. The highest BCUT2D eigenvalue weighted by Gasteiger charge is 2.26. The molecule has 16 heavy (non-hydrogen) atoms. The molecule has 1 aromatic carbocycles. The van der Waals surface area contributed by atoms with Gasteiger partial charge in [-0.2, -0.15) is 0 Å². The lowest BCUT2D eigenvalue weighted by atomic mass is 9.82. The predicted molar refractivity (Wildman–Crippen MR) is 61.6 cm³/mol. The molecule has 1 aliphatic carbocycles. The summed E-state index contributed by atoms with van der Waals surface area (Å²) >= 11 is 0. The van der Waals surface area contributed by atoms with Gasteiger partial charge in [0.2, 0.25) is 0 Å². The maximum absolute atomic E-state index is 13.2. The third kappa shape index (κ3) is 2.80. The lowest BCUT2D eigenvalue weighted by molar-refractivity contribution is 0.0430. The predicted octanol–water partition coefficient (Wildman–Crippen LogP) is 1.99. The summed E-state index contributed by atoms with van der Waals surface area (Å²) in [6.07, 6.45) is 1.70. The van der Waals surface area contributed by atoms with Crippen LogP contribution >= 0.6 is 0 Å². The van der Waals surface area contributed by atoms with Gasteiger partial charge in [-0.15, -0.1) is 0 Å². The molecule has 0 saturated heterocycles. The molecule has 0 amide bonds. The van der Waals surface area contributed by atoms with Gasteiger partial charge in [0.25, 0.3) is 0 Å². The summed E-state index contributed by atoms with van der Waals surface area (Å²) in [5.41, 5.74) is 1.66. The van der Waals surface area contributed by atoms with Gasteiger partial charge in [-0.1, -0.05) is 12.1 Å². The van der Waals surface area contributed by atoms with E-state index < -0.39 is 0 Å². The van der Waals surface area contributed by atoms with E-state index in [9.17, 15) is 4.39 Å². The molecule has 0 atom stereocenters. The highest BCUT2D eigenvalue weighted by atomic mass is 19.1. The molecule has 0 radical (unpaired) electrons. The quantitative estimate of drug-likeness (QED) is 0.818. The van der Waals surface area contributed by atoms with Gasteiger partial charge in [0, 0.05) is 6.54 Å². The molecule has 1 aromatic rings. The summed E-state index contributed by atoms with van der Waals surface area (Å²) in [5.74, 6) is 0.448. The number of aliphatic hydroxyl groups excluding tert-OH is 1. The van der Waals surface area contributed by atoms with Crippen LogP contribution in [0.25, 0.3) is 0 Å². The van der Waals surface area contributed by atoms with Crippen LogP contribution < -0.4 is 5.32 Å². The van der Waals surface area contributed by atoms with Gasteiger partial charge in [-0.05, 0) is 49.4 Å². The molecule has 0 spiro atoms. The van der Waals surface area contributed by atoms with Crippen LogP contribution in [-0.2, 0) is 6.54 Å². The van der Waals surface area contributed by atoms with E-state index in [0.717, 1.165) is 24.9 Å². The maximum Gasteiger partial charge on any atom is 0.126 e. The summed E-state index contributed by atoms with van der Waals surface area (Å²) < 4.78 is 13.2. The van der Waals surface area contributed by atoms with Crippen molar-refractivity contribution in [1.29, 1.82) is 0 Å². The Labute approximate surface area is 95.5 Å². The molecule has 3 heteroatoms. The minimum absolute atomic E-state index is 0.0939. The molecular weight excluding hydrogens is 205 g/mol. The van der Waals surface area contributed by atoms with E-state index in [-0.39, 0.29) is 11.9 Å². The second-order valence-corrected chi connectivity index (χ2v) is 4.71. The standard InChI is InChI=1S/C13H18FNO/c1-9-2-3-10(6-13(9)14)7-15-8-11-4-12(16)5-11/h2-3,6,11-12,15-16H,4-5,7-8H2,1H3. The molecule has 2 rings (SSSR count). The molecule has 88 valence electrons. The third-order valence-corrected chi connectivity index (χ3v) is 3.21. The van der Waals surface area contributed by atoms with Gasteiger partial charge in [0.05, 0.1) is 6.10 Å². The van der Waals surface area contributed by atoms with E-state index in [4.69, 9.17) is 5.11 Å². The molecule has 1 saturated carbocycles. The number of nitrogens with one attached hydrogen (secondary N) is 1. The van der Waals surface area contributed by atoms with Crippen molar-refractivity contribution in [3.63, 3.8) is 0 Å². The highest BCUT2D eigenvalue weighted by molar-refractivity contribution is 5.23. The summed E-state index contributed by atoms with van der Waals surface area (Å²) in [5, 5.41) is 12.4. The van der Waals surface area contributed by atoms with Crippen molar-refractivity contribution in [2.24, 2.45) is 5.92 Å². The minimum atomic E-state index is -0.140. The van der Waals surface area contributed by atoms with Gasteiger partial charge in [-0.3, -0.25) is 0 Å². The first kappa shape index (κ1) is 11.6. The zero-order chi connectivity index (χ0) is 11.5. The smallest absolute Gasteiger partial charge is 0.126 e. The van der Waals surface area contributed by atoms with Crippen molar-refractivity contribution < 1.29 is 9.50 Å². The molecule has 2 nitrogen and oxygen atoms in total. The summed E-state index contributed by atoms with van der Waals surface area (Å²) in [6, 6.07) is 5.33. The first-order valence-electron chi connectivity index (χ1n) is 5.79. The topological polar surface area (TPSA) is 32.3 Å². The van der Waals surface area contributed by atoms with Crippen LogP contribution in [0.1, 0.15) is 24.0 Å². The zero-order valence-corrected chi connectivity index (χ0v) is 9.54. The molecule has 2 N–H and O–H groups in total. The molecular formula is C13H18FNO. The Kier molecular flexibility index (Phi) is 3.56. The zero-order valence-electron chi connectivity index (χ0n) is 9.54. The van der Waals surface area contributed by atoms with Crippen molar-refractivity contribution in [3.05, 3.63) is 35.1 Å². The fourth-order valence-corrected chi connectivity index (χ4v) is 2.03. The summed E-state index contributed by atoms with van der Waals surface area (Å²) in [7, 11) is 0. The normalized spacial score (nSPS) is 24.2. The van der Waals surface area contributed by atoms with Crippen molar-refractivity contribution in [1.82, 2.24) is 5.32 Å². The van der Waals surface area contributed by atoms with E-state index in [2.05, 4.69) is 5.32 Å². The molecule has 1 fully saturated rings. The van der Waals surface area contributed by atoms with Crippen molar-refractivity contribution in [2.75, 3.05) is 6.54 Å². The second-order valence-electron chi connectivity index (χ2n) is 4.71. The Morgan fingerprint density at radius 1 is 1.44 bits per heavy atom. The summed E-state index contributed by atoms with van der Waals surface area (Å²) in [4.78, 5) is 0. The van der Waals surface area contributed by atoms with Crippen molar-refractivity contribution >= 4 is 0 Å². The molecule has 0 aliphatic heterocycles. The van der Waals surface area contributed by atoms with Gasteiger partial charge in [-0.25, -0.2) is 4.39 Å². The van der Waals surface area contributed by atoms with Gasteiger partial charge in [0.15, 0.2) is 0 Å². The van der Waals surface area contributed by atoms with E-state index in [1.807, 2.05) is 6.07 Å². The van der Waals surface area contributed by atoms with E-state index in [1.54, 1.807) is 19.1 Å². The Morgan fingerprint density at radius 2 is 2.19 bits per heavy atom. The fourth-order valence-electron chi connectivity index (χ4n) is 2.03. The van der Waals surface area contributed by atoms with Gasteiger partial charge >= 0.3 is 0 Å². The SMILES string of the molecule is Cc1ccc(CNCC2CC(O)C2)cc1F. The lowest BCUT2D eigenvalue weighted by Crippen LogP contribution is -2.35. The number of hydrogen-bond acceptors (Lipinski definition) is 2. The van der Waals surface area contributed by atoms with Crippen molar-refractivity contribution in [2.45, 2.75) is 32.4 Å². The van der Waals surface area contributed by atoms with Crippen LogP contribution in [0.2, 0.25) is 0 Å². The van der Waals surface area contributed by atoms with Crippen LogP contribution in [0.3, 0.4) is 0 Å². The van der Waals surface area contributed by atoms with E-state index in [1.165, 1.54) is 0 Å². The van der Waals surface area contributed by atoms with Crippen LogP contribution in [0.15, 0.2) is 18.2 Å². The van der Waals surface area contributed by atoms with E-state index >= 15 is 0 Å². The largest absolute Gasteiger partial charge is 0.393 e. The number of aliphatic hydroxyl groups is 1. The Bertz CT molecular complexity index is 361. The lowest BCUT2D eigenvalue weighted by Gasteiger charge is -2.31. The van der Waals surface area contributed by atoms with Crippen LogP contribution in [-0.4, -0.2) is 17.8 Å². The molecule has 0 heterocycles. The van der Waals surface area contributed by atoms with Gasteiger partial charge < -0.3 is 10.4 Å². The first-order valence-corrected chi connectivity index (χ1v) is 5.79. The molecule has 1 aliphatic rings. The minimum Gasteiger partial charge on any atom is -0.393 e. The van der Waals surface area contributed by atoms with Crippen molar-refractivity contribution in [3.8, 4) is 0 Å². The summed E-state index contributed by atoms with van der Waals surface area (Å²) in [6.45, 7) is 3.37. The van der Waals surface area contributed by atoms with Crippen LogP contribution in [0.5, 0.6) is 0 Å². The number of benzene rings is 1. The molecule has 0 bridgehead atoms. The average molecular weight is 223 g/mol. The average Bonchev–Trinajstić information content (AvgIpc) is 2.21. The second kappa shape index (κ2) is 4.93. The maximum atomic E-state index is 13.2. The monoisotopic (exact) mass is 223 g/mol. The highest BCUT2D eigenvalue weighted by Crippen LogP contribution is 2.26. The fraction of sp³-hybridized carbons (Fsp3) is 0.538. The Morgan fingerprint density at radius 3 is 2.81 bits per heavy atom. The number of rotatable bonds is 4. The van der Waals surface area contributed by atoms with Crippen LogP contribution in [0, 0.1) is 18.7 Å². The van der Waals surface area contributed by atoms with Crippen LogP contribution in [0.4, 0.5) is 4.39 Å². The third-order valence-electron chi connectivity index (χ3n) is 3.21. The Balaban J connectivity index is 1.74. The number of hydrogen-bond donors (Lipinski definition) is 2. The molecule has 0 aromatic heterocycles. The first-order chi connectivity index (χ1) is 7.65. The number of halogens is 1. The van der Waals surface area contributed by atoms with Gasteiger partial charge in [0.1, 0.15) is 5.82 Å².